The van der Waals surface area contributed by atoms with E-state index in [-0.39, 0.29) is 0 Å². The van der Waals surface area contributed by atoms with Crippen LogP contribution < -0.4 is 0 Å². The molecule has 0 radical (unpaired) electrons. The van der Waals surface area contributed by atoms with E-state index < -0.39 is 0 Å². The molecule has 0 unspecified atom stereocenters. The van der Waals surface area contributed by atoms with Crippen molar-refractivity contribution in [2.75, 3.05) is 19.6 Å². The molecule has 1 heteroatoms. The van der Waals surface area contributed by atoms with Gasteiger partial charge in [0.2, 0.25) is 0 Å². The first-order valence-corrected chi connectivity index (χ1v) is 3.66. The maximum atomic E-state index is 3.86. The number of hydrogen-bond donors (Lipinski definition) is 0. The van der Waals surface area contributed by atoms with Crippen molar-refractivity contribution in [2.24, 2.45) is 0 Å². The number of nitrogens with zero attached hydrogens (tertiary/aromatic N) is 1. The topological polar surface area (TPSA) is 3.24 Å². The Morgan fingerprint density at radius 2 is 2.22 bits per heavy atom. The summed E-state index contributed by atoms with van der Waals surface area (Å²) in [6.45, 7) is 9.81. The molecule has 0 N–H and O–H groups in total. The van der Waals surface area contributed by atoms with Gasteiger partial charge in [-0.1, -0.05) is 5.57 Å². The minimum Gasteiger partial charge on any atom is -0.303 e. The van der Waals surface area contributed by atoms with E-state index in [0.29, 0.717) is 0 Å². The Bertz CT molecular complexity index is 103. The summed E-state index contributed by atoms with van der Waals surface area (Å²) in [6.07, 6.45) is 2.58. The third-order valence-corrected chi connectivity index (χ3v) is 1.80. The minimum absolute atomic E-state index is 1.18. The van der Waals surface area contributed by atoms with Crippen LogP contribution in [-0.2, 0) is 0 Å². The van der Waals surface area contributed by atoms with Crippen LogP contribution in [0.4, 0.5) is 0 Å². The second-order valence-electron chi connectivity index (χ2n) is 2.90. The fourth-order valence-electron chi connectivity index (χ4n) is 0.954. The Labute approximate surface area is 57.4 Å². The van der Waals surface area contributed by atoms with Crippen molar-refractivity contribution >= 4 is 0 Å². The second kappa shape index (κ2) is 3.02. The predicted octanol–water partition coefficient (Wildman–Crippen LogP) is 1.66. The maximum Gasteiger partial charge on any atom is 0.00184 e. The van der Waals surface area contributed by atoms with Gasteiger partial charge in [0.05, 0.1) is 0 Å². The zero-order valence-corrected chi connectivity index (χ0v) is 6.19. The zero-order chi connectivity index (χ0) is 6.69. The van der Waals surface area contributed by atoms with Crippen LogP contribution in [0.25, 0.3) is 0 Å². The fourth-order valence-corrected chi connectivity index (χ4v) is 0.954. The van der Waals surface area contributed by atoms with Gasteiger partial charge in [-0.05, 0) is 32.9 Å². The minimum atomic E-state index is 1.18. The molecular formula is C8H15N. The summed E-state index contributed by atoms with van der Waals surface area (Å²) >= 11 is 0. The third kappa shape index (κ3) is 2.19. The van der Waals surface area contributed by atoms with Gasteiger partial charge < -0.3 is 4.90 Å². The monoisotopic (exact) mass is 125 g/mol. The third-order valence-electron chi connectivity index (χ3n) is 1.80. The van der Waals surface area contributed by atoms with E-state index in [9.17, 15) is 0 Å². The average molecular weight is 125 g/mol. The van der Waals surface area contributed by atoms with Gasteiger partial charge in [0.25, 0.3) is 0 Å². The van der Waals surface area contributed by atoms with Gasteiger partial charge in [-0.2, -0.15) is 0 Å². The Morgan fingerprint density at radius 1 is 1.56 bits per heavy atom. The lowest BCUT2D eigenvalue weighted by atomic mass is 10.2. The van der Waals surface area contributed by atoms with Crippen LogP contribution in [0, 0.1) is 0 Å². The van der Waals surface area contributed by atoms with Gasteiger partial charge in [0, 0.05) is 6.54 Å². The van der Waals surface area contributed by atoms with Crippen molar-refractivity contribution in [3.8, 4) is 0 Å². The van der Waals surface area contributed by atoms with Crippen molar-refractivity contribution in [3.63, 3.8) is 0 Å². The predicted molar refractivity (Wildman–Crippen MR) is 40.5 cm³/mol. The van der Waals surface area contributed by atoms with Crippen LogP contribution in [0.5, 0.6) is 0 Å². The van der Waals surface area contributed by atoms with E-state index in [0.717, 1.165) is 0 Å². The van der Waals surface area contributed by atoms with Crippen LogP contribution in [0.3, 0.4) is 0 Å². The molecule has 1 aliphatic heterocycles. The lowest BCUT2D eigenvalue weighted by Gasteiger charge is -2.30. The molecule has 0 atom stereocenters. The zero-order valence-electron chi connectivity index (χ0n) is 6.19. The Hall–Kier alpha value is -0.300. The Morgan fingerprint density at radius 3 is 2.56 bits per heavy atom. The van der Waals surface area contributed by atoms with Gasteiger partial charge >= 0.3 is 0 Å². The number of hydrogen-bond acceptors (Lipinski definition) is 1. The van der Waals surface area contributed by atoms with Gasteiger partial charge in [0.1, 0.15) is 0 Å². The largest absolute Gasteiger partial charge is 0.303 e. The lowest BCUT2D eigenvalue weighted by Crippen LogP contribution is -2.37. The average Bonchev–Trinajstić information content (AvgIpc) is 1.60. The molecule has 52 valence electrons. The molecule has 0 aromatic heterocycles. The standard InChI is InChI=1S/C8H15N/c1-8(2)4-7-9-5-3-6-9/h1,3-7H2,2H3. The highest BCUT2D eigenvalue weighted by Crippen LogP contribution is 2.07. The molecule has 0 spiro atoms. The van der Waals surface area contributed by atoms with Crippen LogP contribution >= 0.6 is 0 Å². The van der Waals surface area contributed by atoms with E-state index in [1.165, 1.54) is 38.0 Å². The van der Waals surface area contributed by atoms with Gasteiger partial charge in [-0.3, -0.25) is 0 Å². The highest BCUT2D eigenvalue weighted by molar-refractivity contribution is 4.89. The van der Waals surface area contributed by atoms with Crippen molar-refractivity contribution in [1.29, 1.82) is 0 Å². The summed E-state index contributed by atoms with van der Waals surface area (Å²) in [7, 11) is 0. The molecule has 0 saturated carbocycles. The summed E-state index contributed by atoms with van der Waals surface area (Å²) in [6, 6.07) is 0. The van der Waals surface area contributed by atoms with Crippen molar-refractivity contribution in [2.45, 2.75) is 19.8 Å². The fraction of sp³-hybridized carbons (Fsp3) is 0.750. The molecule has 1 saturated heterocycles. The summed E-state index contributed by atoms with van der Waals surface area (Å²) in [5, 5.41) is 0. The maximum absolute atomic E-state index is 3.86. The van der Waals surface area contributed by atoms with E-state index in [2.05, 4.69) is 18.4 Å². The lowest BCUT2D eigenvalue weighted by molar-refractivity contribution is 0.184. The van der Waals surface area contributed by atoms with E-state index in [1.807, 2.05) is 0 Å². The quantitative estimate of drug-likeness (QED) is 0.518. The Balaban J connectivity index is 1.97. The molecule has 0 aliphatic carbocycles. The van der Waals surface area contributed by atoms with E-state index in [4.69, 9.17) is 0 Å². The highest BCUT2D eigenvalue weighted by atomic mass is 15.2. The van der Waals surface area contributed by atoms with Crippen LogP contribution in [-0.4, -0.2) is 24.5 Å². The first kappa shape index (κ1) is 6.81. The van der Waals surface area contributed by atoms with Crippen LogP contribution in [0.2, 0.25) is 0 Å². The number of rotatable bonds is 3. The van der Waals surface area contributed by atoms with Crippen molar-refractivity contribution in [3.05, 3.63) is 12.2 Å². The first-order chi connectivity index (χ1) is 4.29. The molecule has 1 rings (SSSR count). The SMILES string of the molecule is C=C(C)CCN1CCC1. The first-order valence-electron chi connectivity index (χ1n) is 3.66. The molecule has 1 fully saturated rings. The van der Waals surface area contributed by atoms with Crippen molar-refractivity contribution in [1.82, 2.24) is 4.90 Å². The molecule has 9 heavy (non-hydrogen) atoms. The summed E-state index contributed by atoms with van der Waals surface area (Å²) < 4.78 is 0. The molecule has 0 bridgehead atoms. The van der Waals surface area contributed by atoms with E-state index in [1.54, 1.807) is 0 Å². The molecule has 1 aliphatic rings. The van der Waals surface area contributed by atoms with Crippen LogP contribution in [0.1, 0.15) is 19.8 Å². The van der Waals surface area contributed by atoms with Gasteiger partial charge in [0.15, 0.2) is 0 Å². The van der Waals surface area contributed by atoms with Crippen molar-refractivity contribution < 1.29 is 0 Å². The molecule has 1 nitrogen and oxygen atoms in total. The normalized spacial score (nSPS) is 19.2. The van der Waals surface area contributed by atoms with E-state index >= 15 is 0 Å². The summed E-state index contributed by atoms with van der Waals surface area (Å²) in [5.74, 6) is 0. The smallest absolute Gasteiger partial charge is 0.00184 e. The summed E-state index contributed by atoms with van der Waals surface area (Å²) in [5.41, 5.74) is 1.31. The molecule has 0 aromatic rings. The van der Waals surface area contributed by atoms with Gasteiger partial charge in [-0.25, -0.2) is 0 Å². The second-order valence-corrected chi connectivity index (χ2v) is 2.90. The Kier molecular flexibility index (Phi) is 2.29. The highest BCUT2D eigenvalue weighted by Gasteiger charge is 2.11. The number of likely N-dealkylation sites (tertiary alicyclic amines) is 1. The molecular weight excluding hydrogens is 110 g/mol. The molecule has 1 heterocycles. The molecule has 0 aromatic carbocycles. The summed E-state index contributed by atoms with van der Waals surface area (Å²) in [4.78, 5) is 2.47. The molecule has 0 amide bonds. The van der Waals surface area contributed by atoms with Crippen LogP contribution in [0.15, 0.2) is 12.2 Å². The van der Waals surface area contributed by atoms with Gasteiger partial charge in [-0.15, -0.1) is 6.58 Å².